The van der Waals surface area contributed by atoms with Crippen LogP contribution in [0.3, 0.4) is 0 Å². The Morgan fingerprint density at radius 3 is 2.89 bits per heavy atom. The molecule has 0 fully saturated rings. The van der Waals surface area contributed by atoms with E-state index >= 15 is 0 Å². The van der Waals surface area contributed by atoms with E-state index in [1.165, 1.54) is 18.9 Å². The Morgan fingerprint density at radius 2 is 2.16 bits per heavy atom. The monoisotopic (exact) mass is 260 g/mol. The first-order valence-electron chi connectivity index (χ1n) is 5.97. The van der Waals surface area contributed by atoms with Gasteiger partial charge in [-0.05, 0) is 30.2 Å². The Kier molecular flexibility index (Phi) is 4.30. The minimum atomic E-state index is -0.459. The van der Waals surface area contributed by atoms with Gasteiger partial charge in [-0.3, -0.25) is 4.98 Å². The van der Waals surface area contributed by atoms with Crippen molar-refractivity contribution in [1.82, 2.24) is 10.3 Å². The molecule has 0 bridgehead atoms. The van der Waals surface area contributed by atoms with Gasteiger partial charge >= 0.3 is 5.97 Å². The number of aromatic nitrogens is 1. The van der Waals surface area contributed by atoms with Crippen LogP contribution in [0.2, 0.25) is 0 Å². The number of furan rings is 1. The molecular formula is C14H16N2O3. The third kappa shape index (κ3) is 3.20. The fraction of sp³-hybridized carbons (Fsp3) is 0.286. The molecule has 0 radical (unpaired) electrons. The Hall–Kier alpha value is -2.14. The number of ether oxygens (including phenoxy) is 1. The van der Waals surface area contributed by atoms with Gasteiger partial charge in [-0.15, -0.1) is 0 Å². The highest BCUT2D eigenvalue weighted by Gasteiger charge is 2.15. The van der Waals surface area contributed by atoms with E-state index in [9.17, 15) is 4.79 Å². The highest BCUT2D eigenvalue weighted by molar-refractivity contribution is 5.87. The first-order chi connectivity index (χ1) is 9.22. The number of hydrogen-bond acceptors (Lipinski definition) is 5. The van der Waals surface area contributed by atoms with Gasteiger partial charge in [0.2, 0.25) is 5.76 Å². The smallest absolute Gasteiger partial charge is 0.374 e. The molecule has 2 heterocycles. The van der Waals surface area contributed by atoms with E-state index in [4.69, 9.17) is 4.42 Å². The molecule has 0 amide bonds. The minimum absolute atomic E-state index is 0.248. The van der Waals surface area contributed by atoms with Crippen molar-refractivity contribution in [3.8, 4) is 0 Å². The van der Waals surface area contributed by atoms with Gasteiger partial charge in [0.15, 0.2) is 0 Å². The number of aryl methyl sites for hydroxylation is 1. The van der Waals surface area contributed by atoms with Crippen LogP contribution in [-0.4, -0.2) is 18.1 Å². The van der Waals surface area contributed by atoms with Gasteiger partial charge in [-0.25, -0.2) is 4.79 Å². The quantitative estimate of drug-likeness (QED) is 0.834. The van der Waals surface area contributed by atoms with Gasteiger partial charge in [0.1, 0.15) is 0 Å². The van der Waals surface area contributed by atoms with E-state index in [2.05, 4.69) is 15.0 Å². The largest absolute Gasteiger partial charge is 0.463 e. The van der Waals surface area contributed by atoms with Crippen LogP contribution in [-0.2, 0) is 17.8 Å². The van der Waals surface area contributed by atoms with Crippen molar-refractivity contribution in [3.05, 3.63) is 53.2 Å². The van der Waals surface area contributed by atoms with Crippen molar-refractivity contribution >= 4 is 5.97 Å². The second-order valence-corrected chi connectivity index (χ2v) is 4.17. The van der Waals surface area contributed by atoms with Crippen LogP contribution < -0.4 is 5.32 Å². The summed E-state index contributed by atoms with van der Waals surface area (Å²) in [6, 6.07) is 3.73. The van der Waals surface area contributed by atoms with Crippen LogP contribution in [0.25, 0.3) is 0 Å². The molecule has 0 aliphatic carbocycles. The Labute approximate surface area is 111 Å². The second kappa shape index (κ2) is 6.15. The van der Waals surface area contributed by atoms with Crippen molar-refractivity contribution in [2.45, 2.75) is 20.0 Å². The molecule has 2 rings (SSSR count). The summed E-state index contributed by atoms with van der Waals surface area (Å²) in [6.45, 7) is 3.26. The van der Waals surface area contributed by atoms with Gasteiger partial charge in [0.25, 0.3) is 0 Å². The van der Waals surface area contributed by atoms with E-state index in [-0.39, 0.29) is 5.76 Å². The summed E-state index contributed by atoms with van der Waals surface area (Å²) in [5, 5.41) is 3.26. The van der Waals surface area contributed by atoms with Crippen LogP contribution in [0.15, 0.2) is 35.2 Å². The van der Waals surface area contributed by atoms with Crippen molar-refractivity contribution in [1.29, 1.82) is 0 Å². The first kappa shape index (κ1) is 13.3. The third-order valence-electron chi connectivity index (χ3n) is 2.90. The van der Waals surface area contributed by atoms with Crippen molar-refractivity contribution in [3.63, 3.8) is 0 Å². The first-order valence-corrected chi connectivity index (χ1v) is 5.97. The molecule has 0 saturated carbocycles. The van der Waals surface area contributed by atoms with Crippen LogP contribution in [0.5, 0.6) is 0 Å². The summed E-state index contributed by atoms with van der Waals surface area (Å²) in [7, 11) is 1.33. The summed E-state index contributed by atoms with van der Waals surface area (Å²) in [5.41, 5.74) is 3.10. The number of methoxy groups -OCH3 is 1. The molecule has 0 aliphatic heterocycles. The van der Waals surface area contributed by atoms with Gasteiger partial charge in [-0.2, -0.15) is 0 Å². The van der Waals surface area contributed by atoms with Crippen molar-refractivity contribution in [2.24, 2.45) is 0 Å². The average molecular weight is 260 g/mol. The maximum absolute atomic E-state index is 11.4. The zero-order chi connectivity index (χ0) is 13.7. The summed E-state index contributed by atoms with van der Waals surface area (Å²) in [4.78, 5) is 15.5. The number of nitrogens with zero attached hydrogens (tertiary/aromatic N) is 1. The molecule has 5 nitrogen and oxygen atoms in total. The number of rotatable bonds is 5. The predicted octanol–water partition coefficient (Wildman–Crippen LogP) is 2.06. The fourth-order valence-electron chi connectivity index (χ4n) is 1.76. The average Bonchev–Trinajstić information content (AvgIpc) is 2.88. The summed E-state index contributed by atoms with van der Waals surface area (Å²) in [5.74, 6) is -0.211. The third-order valence-corrected chi connectivity index (χ3v) is 2.90. The molecule has 100 valence electrons. The molecule has 0 spiro atoms. The minimum Gasteiger partial charge on any atom is -0.463 e. The van der Waals surface area contributed by atoms with Gasteiger partial charge in [-0.1, -0.05) is 0 Å². The lowest BCUT2D eigenvalue weighted by atomic mass is 10.1. The molecule has 5 heteroatoms. The molecular weight excluding hydrogens is 244 g/mol. The summed E-state index contributed by atoms with van der Waals surface area (Å²) in [6.07, 6.45) is 5.09. The molecule has 0 atom stereocenters. The lowest BCUT2D eigenvalue weighted by molar-refractivity contribution is 0.0563. The lowest BCUT2D eigenvalue weighted by Crippen LogP contribution is -2.15. The molecule has 2 aromatic heterocycles. The highest BCUT2D eigenvalue weighted by atomic mass is 16.5. The Morgan fingerprint density at radius 1 is 1.37 bits per heavy atom. The number of hydrogen-bond donors (Lipinski definition) is 1. The molecule has 19 heavy (non-hydrogen) atoms. The number of pyridine rings is 1. The number of esters is 1. The fourth-order valence-corrected chi connectivity index (χ4v) is 1.76. The number of carbonyl (C=O) groups excluding carboxylic acids is 1. The maximum Gasteiger partial charge on any atom is 0.374 e. The normalized spacial score (nSPS) is 10.4. The van der Waals surface area contributed by atoms with Gasteiger partial charge in [0, 0.05) is 31.0 Å². The van der Waals surface area contributed by atoms with Crippen LogP contribution in [0.4, 0.5) is 0 Å². The predicted molar refractivity (Wildman–Crippen MR) is 69.6 cm³/mol. The molecule has 1 N–H and O–H groups in total. The topological polar surface area (TPSA) is 64.4 Å². The van der Waals surface area contributed by atoms with E-state index in [1.54, 1.807) is 12.3 Å². The maximum atomic E-state index is 11.4. The molecule has 0 aromatic carbocycles. The molecule has 2 aromatic rings. The standard InChI is InChI=1S/C14H16N2O3/c1-10-3-5-15-8-12(10)9-16-7-11-4-6-19-13(11)14(17)18-2/h3-6,8,16H,7,9H2,1-2H3. The van der Waals surface area contributed by atoms with E-state index in [0.29, 0.717) is 13.1 Å². The van der Waals surface area contributed by atoms with Crippen LogP contribution in [0, 0.1) is 6.92 Å². The van der Waals surface area contributed by atoms with Crippen LogP contribution in [0.1, 0.15) is 27.2 Å². The number of nitrogens with one attached hydrogen (secondary N) is 1. The second-order valence-electron chi connectivity index (χ2n) is 4.17. The van der Waals surface area contributed by atoms with Crippen molar-refractivity contribution < 1.29 is 13.9 Å². The van der Waals surface area contributed by atoms with E-state index in [1.807, 2.05) is 19.2 Å². The SMILES string of the molecule is COC(=O)c1occc1CNCc1cnccc1C. The zero-order valence-corrected chi connectivity index (χ0v) is 11.0. The van der Waals surface area contributed by atoms with Gasteiger partial charge < -0.3 is 14.5 Å². The van der Waals surface area contributed by atoms with Crippen molar-refractivity contribution in [2.75, 3.05) is 7.11 Å². The zero-order valence-electron chi connectivity index (χ0n) is 11.0. The van der Waals surface area contributed by atoms with E-state index < -0.39 is 5.97 Å². The molecule has 0 unspecified atom stereocenters. The van der Waals surface area contributed by atoms with E-state index in [0.717, 1.165) is 11.1 Å². The molecule has 0 saturated heterocycles. The summed E-state index contributed by atoms with van der Waals surface area (Å²) >= 11 is 0. The van der Waals surface area contributed by atoms with Gasteiger partial charge in [0.05, 0.1) is 13.4 Å². The Bertz CT molecular complexity index is 563. The number of carbonyl (C=O) groups is 1. The molecule has 0 aliphatic rings. The summed E-state index contributed by atoms with van der Waals surface area (Å²) < 4.78 is 9.77. The highest BCUT2D eigenvalue weighted by Crippen LogP contribution is 2.12. The van der Waals surface area contributed by atoms with Crippen LogP contribution >= 0.6 is 0 Å². The lowest BCUT2D eigenvalue weighted by Gasteiger charge is -2.06. The Balaban J connectivity index is 1.95.